The Labute approximate surface area is 99.7 Å². The van der Waals surface area contributed by atoms with Crippen molar-refractivity contribution in [2.45, 2.75) is 6.42 Å². The second-order valence-corrected chi connectivity index (χ2v) is 3.20. The molecule has 0 aromatic heterocycles. The number of rotatable bonds is 6. The highest BCUT2D eigenvalue weighted by atomic mass is 16.5. The molecule has 6 nitrogen and oxygen atoms in total. The first-order valence-corrected chi connectivity index (χ1v) is 5.07. The second-order valence-electron chi connectivity index (χ2n) is 3.20. The van der Waals surface area contributed by atoms with Crippen molar-refractivity contribution in [2.24, 2.45) is 5.11 Å². The van der Waals surface area contributed by atoms with Crippen molar-refractivity contribution in [3.05, 3.63) is 28.1 Å². The van der Waals surface area contributed by atoms with Crippen molar-refractivity contribution >= 4 is 0 Å². The van der Waals surface area contributed by atoms with E-state index in [2.05, 4.69) is 10.0 Å². The van der Waals surface area contributed by atoms with Crippen LogP contribution >= 0.6 is 0 Å². The first-order valence-electron chi connectivity index (χ1n) is 5.07. The Morgan fingerprint density at radius 1 is 1.12 bits per heavy atom. The number of benzene rings is 1. The molecule has 0 fully saturated rings. The first kappa shape index (κ1) is 13.0. The molecular formula is C11H15N3O3. The first-order chi connectivity index (χ1) is 8.28. The molecule has 0 aliphatic rings. The largest absolute Gasteiger partial charge is 0.493 e. The van der Waals surface area contributed by atoms with Gasteiger partial charge in [-0.15, -0.1) is 0 Å². The summed E-state index contributed by atoms with van der Waals surface area (Å²) in [4.78, 5) is 2.71. The van der Waals surface area contributed by atoms with E-state index in [1.807, 2.05) is 6.07 Å². The Balaban J connectivity index is 3.09. The van der Waals surface area contributed by atoms with Gasteiger partial charge in [-0.1, -0.05) is 11.2 Å². The highest BCUT2D eigenvalue weighted by Gasteiger charge is 2.14. The standard InChI is InChI=1S/C11H15N3O3/c1-15-9-5-4-8(6-7-13-14-12)10(16-2)11(9)17-3/h4-5H,6-7H2,1-3H3. The highest BCUT2D eigenvalue weighted by Crippen LogP contribution is 2.39. The third-order valence-corrected chi connectivity index (χ3v) is 2.33. The van der Waals surface area contributed by atoms with Crippen LogP contribution in [0.25, 0.3) is 10.4 Å². The predicted octanol–water partition coefficient (Wildman–Crippen LogP) is 2.57. The van der Waals surface area contributed by atoms with E-state index in [-0.39, 0.29) is 0 Å². The van der Waals surface area contributed by atoms with Gasteiger partial charge in [0.25, 0.3) is 0 Å². The van der Waals surface area contributed by atoms with Crippen LogP contribution in [0.15, 0.2) is 17.2 Å². The van der Waals surface area contributed by atoms with Gasteiger partial charge in [0.2, 0.25) is 5.75 Å². The fraction of sp³-hybridized carbons (Fsp3) is 0.455. The summed E-state index contributed by atoms with van der Waals surface area (Å²) in [7, 11) is 4.68. The van der Waals surface area contributed by atoms with Gasteiger partial charge in [-0.3, -0.25) is 0 Å². The molecule has 92 valence electrons. The Kier molecular flexibility index (Phi) is 4.97. The van der Waals surface area contributed by atoms with E-state index in [9.17, 15) is 0 Å². The molecule has 17 heavy (non-hydrogen) atoms. The molecule has 0 aliphatic carbocycles. The molecule has 0 saturated carbocycles. The van der Waals surface area contributed by atoms with Gasteiger partial charge in [-0.25, -0.2) is 0 Å². The fourth-order valence-corrected chi connectivity index (χ4v) is 1.58. The van der Waals surface area contributed by atoms with Gasteiger partial charge in [-0.2, -0.15) is 0 Å². The molecule has 0 aliphatic heterocycles. The molecule has 0 unspecified atom stereocenters. The Hall–Kier alpha value is -2.07. The van der Waals surface area contributed by atoms with Gasteiger partial charge >= 0.3 is 0 Å². The Morgan fingerprint density at radius 3 is 2.35 bits per heavy atom. The van der Waals surface area contributed by atoms with E-state index in [4.69, 9.17) is 19.7 Å². The number of ether oxygens (including phenoxy) is 3. The lowest BCUT2D eigenvalue weighted by Gasteiger charge is -2.15. The van der Waals surface area contributed by atoms with Gasteiger partial charge in [-0.05, 0) is 23.6 Å². The Morgan fingerprint density at radius 2 is 1.82 bits per heavy atom. The van der Waals surface area contributed by atoms with Crippen LogP contribution in [0.3, 0.4) is 0 Å². The fourth-order valence-electron chi connectivity index (χ4n) is 1.58. The maximum absolute atomic E-state index is 8.24. The number of methoxy groups -OCH3 is 3. The van der Waals surface area contributed by atoms with Crippen LogP contribution < -0.4 is 14.2 Å². The number of hydrogen-bond acceptors (Lipinski definition) is 4. The molecule has 1 rings (SSSR count). The summed E-state index contributed by atoms with van der Waals surface area (Å²) in [5.41, 5.74) is 9.15. The van der Waals surface area contributed by atoms with Crippen LogP contribution in [0.4, 0.5) is 0 Å². The zero-order valence-electron chi connectivity index (χ0n) is 10.1. The molecule has 0 bridgehead atoms. The van der Waals surface area contributed by atoms with E-state index in [1.165, 1.54) is 0 Å². The lowest BCUT2D eigenvalue weighted by Crippen LogP contribution is -2.00. The van der Waals surface area contributed by atoms with E-state index in [0.717, 1.165) is 5.56 Å². The summed E-state index contributed by atoms with van der Waals surface area (Å²) in [6.45, 7) is 0.377. The van der Waals surface area contributed by atoms with Crippen LogP contribution in [0.1, 0.15) is 5.56 Å². The van der Waals surface area contributed by atoms with E-state index in [0.29, 0.717) is 30.2 Å². The second kappa shape index (κ2) is 6.50. The van der Waals surface area contributed by atoms with Gasteiger partial charge in [0.05, 0.1) is 21.3 Å². The average molecular weight is 237 g/mol. The number of azide groups is 1. The van der Waals surface area contributed by atoms with Gasteiger partial charge in [0.1, 0.15) is 0 Å². The summed E-state index contributed by atoms with van der Waals surface area (Å²) in [6, 6.07) is 3.67. The minimum Gasteiger partial charge on any atom is -0.493 e. The van der Waals surface area contributed by atoms with Crippen molar-refractivity contribution < 1.29 is 14.2 Å². The van der Waals surface area contributed by atoms with Gasteiger partial charge in [0, 0.05) is 11.5 Å². The third-order valence-electron chi connectivity index (χ3n) is 2.33. The van der Waals surface area contributed by atoms with Crippen molar-refractivity contribution in [1.29, 1.82) is 0 Å². The summed E-state index contributed by atoms with van der Waals surface area (Å²) in [5.74, 6) is 1.77. The van der Waals surface area contributed by atoms with E-state index in [1.54, 1.807) is 27.4 Å². The van der Waals surface area contributed by atoms with Crippen LogP contribution in [0, 0.1) is 0 Å². The van der Waals surface area contributed by atoms with Crippen molar-refractivity contribution in [1.82, 2.24) is 0 Å². The molecule has 0 heterocycles. The molecule has 1 aromatic rings. The molecule has 0 spiro atoms. The van der Waals surface area contributed by atoms with Crippen molar-refractivity contribution in [3.63, 3.8) is 0 Å². The lowest BCUT2D eigenvalue weighted by molar-refractivity contribution is 0.322. The highest BCUT2D eigenvalue weighted by molar-refractivity contribution is 5.55. The summed E-state index contributed by atoms with van der Waals surface area (Å²) >= 11 is 0. The minimum atomic E-state index is 0.377. The smallest absolute Gasteiger partial charge is 0.203 e. The van der Waals surface area contributed by atoms with Crippen LogP contribution in [-0.4, -0.2) is 27.9 Å². The maximum Gasteiger partial charge on any atom is 0.203 e. The van der Waals surface area contributed by atoms with E-state index >= 15 is 0 Å². The average Bonchev–Trinajstić information content (AvgIpc) is 2.38. The lowest BCUT2D eigenvalue weighted by atomic mass is 10.1. The van der Waals surface area contributed by atoms with Crippen molar-refractivity contribution in [2.75, 3.05) is 27.9 Å². The molecule has 0 N–H and O–H groups in total. The van der Waals surface area contributed by atoms with E-state index < -0.39 is 0 Å². The predicted molar refractivity (Wildman–Crippen MR) is 63.8 cm³/mol. The van der Waals surface area contributed by atoms with Crippen LogP contribution in [0.2, 0.25) is 0 Å². The maximum atomic E-state index is 8.24. The zero-order valence-corrected chi connectivity index (χ0v) is 10.1. The minimum absolute atomic E-state index is 0.377. The van der Waals surface area contributed by atoms with Gasteiger partial charge < -0.3 is 14.2 Å². The summed E-state index contributed by atoms with van der Waals surface area (Å²) in [6.07, 6.45) is 0.591. The SMILES string of the molecule is COc1ccc(CCN=[N+]=[N-])c(OC)c1OC. The molecular weight excluding hydrogens is 222 g/mol. The molecule has 0 saturated heterocycles. The quantitative estimate of drug-likeness (QED) is 0.433. The normalized spacial score (nSPS) is 9.35. The summed E-state index contributed by atoms with van der Waals surface area (Å²) in [5, 5.41) is 3.49. The monoisotopic (exact) mass is 237 g/mol. The molecule has 1 aromatic carbocycles. The molecule has 0 atom stereocenters. The van der Waals surface area contributed by atoms with Crippen molar-refractivity contribution in [3.8, 4) is 17.2 Å². The topological polar surface area (TPSA) is 76.5 Å². The van der Waals surface area contributed by atoms with Crippen LogP contribution in [-0.2, 0) is 6.42 Å². The summed E-state index contributed by atoms with van der Waals surface area (Å²) < 4.78 is 15.7. The molecule has 6 heteroatoms. The number of nitrogens with zero attached hydrogens (tertiary/aromatic N) is 3. The third kappa shape index (κ3) is 2.95. The Bertz CT molecular complexity index is 428. The zero-order chi connectivity index (χ0) is 12.7. The van der Waals surface area contributed by atoms with Crippen LogP contribution in [0.5, 0.6) is 17.2 Å². The van der Waals surface area contributed by atoms with Gasteiger partial charge in [0.15, 0.2) is 11.5 Å². The molecule has 0 amide bonds. The number of hydrogen-bond donors (Lipinski definition) is 0. The molecule has 0 radical (unpaired) electrons.